The van der Waals surface area contributed by atoms with E-state index in [1.165, 1.54) is 4.90 Å². The highest BCUT2D eigenvalue weighted by Crippen LogP contribution is 2.36. The van der Waals surface area contributed by atoms with Crippen molar-refractivity contribution in [2.75, 3.05) is 26.8 Å². The van der Waals surface area contributed by atoms with E-state index in [0.717, 1.165) is 5.46 Å². The third-order valence-corrected chi connectivity index (χ3v) is 4.61. The molecule has 0 aromatic carbocycles. The lowest BCUT2D eigenvalue weighted by Crippen LogP contribution is -2.41. The van der Waals surface area contributed by atoms with Gasteiger partial charge in [-0.25, -0.2) is 4.79 Å². The summed E-state index contributed by atoms with van der Waals surface area (Å²) in [5.74, 6) is 0. The van der Waals surface area contributed by atoms with Gasteiger partial charge in [0.15, 0.2) is 0 Å². The van der Waals surface area contributed by atoms with Crippen LogP contribution in [0.15, 0.2) is 12.4 Å². The van der Waals surface area contributed by atoms with E-state index in [4.69, 9.17) is 14.0 Å². The third-order valence-electron chi connectivity index (χ3n) is 4.61. The fourth-order valence-electron chi connectivity index (χ4n) is 2.33. The summed E-state index contributed by atoms with van der Waals surface area (Å²) in [6, 6.07) is 0. The first-order valence-electron chi connectivity index (χ1n) is 8.01. The maximum absolute atomic E-state index is 11.2. The van der Waals surface area contributed by atoms with E-state index in [1.807, 2.05) is 33.9 Å². The van der Waals surface area contributed by atoms with E-state index in [9.17, 15) is 9.90 Å². The minimum Gasteiger partial charge on any atom is -0.465 e. The molecule has 24 heavy (non-hydrogen) atoms. The summed E-state index contributed by atoms with van der Waals surface area (Å²) in [6.45, 7) is 9.48. The molecular formula is C15H26BN3O5. The molecule has 0 aliphatic carbocycles. The molecule has 2 rings (SSSR count). The summed E-state index contributed by atoms with van der Waals surface area (Å²) in [6.07, 6.45) is 2.56. The zero-order chi connectivity index (χ0) is 18.0. The predicted octanol–water partition coefficient (Wildman–Crippen LogP) is 0.809. The molecule has 8 nitrogen and oxygen atoms in total. The first kappa shape index (κ1) is 18.8. The minimum absolute atomic E-state index is 0.331. The van der Waals surface area contributed by atoms with E-state index < -0.39 is 24.4 Å². The number of ether oxygens (including phenoxy) is 1. The van der Waals surface area contributed by atoms with Gasteiger partial charge in [-0.05, 0) is 27.7 Å². The SMILES string of the molecule is COCCN(CCn1cc(B2OC(C)(C)C(C)(C)O2)cn1)C(=O)O. The molecule has 2 heterocycles. The average Bonchev–Trinajstić information content (AvgIpc) is 3.01. The first-order valence-corrected chi connectivity index (χ1v) is 8.01. The van der Waals surface area contributed by atoms with E-state index in [1.54, 1.807) is 18.0 Å². The van der Waals surface area contributed by atoms with Gasteiger partial charge in [-0.1, -0.05) is 0 Å². The van der Waals surface area contributed by atoms with E-state index >= 15 is 0 Å². The Morgan fingerprint density at radius 1 is 1.33 bits per heavy atom. The molecule has 1 aromatic rings. The van der Waals surface area contributed by atoms with Crippen LogP contribution in [0.4, 0.5) is 4.79 Å². The third kappa shape index (κ3) is 4.09. The number of hydrogen-bond acceptors (Lipinski definition) is 5. The standard InChI is InChI=1S/C15H26BN3O5/c1-14(2)15(3,4)24-16(23-14)12-10-17-19(11-12)7-6-18(13(20)21)8-9-22-5/h10-11H,6-9H2,1-5H3,(H,20,21). The van der Waals surface area contributed by atoms with Crippen LogP contribution in [-0.4, -0.2) is 71.0 Å². The summed E-state index contributed by atoms with van der Waals surface area (Å²) in [4.78, 5) is 12.5. The van der Waals surface area contributed by atoms with Crippen molar-refractivity contribution in [2.24, 2.45) is 0 Å². The highest BCUT2D eigenvalue weighted by atomic mass is 16.7. The van der Waals surface area contributed by atoms with Crippen LogP contribution >= 0.6 is 0 Å². The number of rotatable bonds is 7. The van der Waals surface area contributed by atoms with Gasteiger partial charge >= 0.3 is 13.2 Å². The fourth-order valence-corrected chi connectivity index (χ4v) is 2.33. The van der Waals surface area contributed by atoms with Gasteiger partial charge in [0.25, 0.3) is 0 Å². The van der Waals surface area contributed by atoms with Gasteiger partial charge in [0.05, 0.1) is 24.4 Å². The van der Waals surface area contributed by atoms with Crippen molar-refractivity contribution < 1.29 is 23.9 Å². The molecule has 0 atom stereocenters. The zero-order valence-corrected chi connectivity index (χ0v) is 15.0. The molecule has 0 unspecified atom stereocenters. The van der Waals surface area contributed by atoms with Crippen LogP contribution in [0.25, 0.3) is 0 Å². The fraction of sp³-hybridized carbons (Fsp3) is 0.733. The molecule has 0 radical (unpaired) electrons. The molecular weight excluding hydrogens is 313 g/mol. The number of amides is 1. The molecule has 1 fully saturated rings. The molecule has 1 aliphatic heterocycles. The van der Waals surface area contributed by atoms with Gasteiger partial charge in [0, 0.05) is 38.1 Å². The number of methoxy groups -OCH3 is 1. The zero-order valence-electron chi connectivity index (χ0n) is 15.0. The number of aromatic nitrogens is 2. The van der Waals surface area contributed by atoms with Crippen molar-refractivity contribution >= 4 is 18.7 Å². The van der Waals surface area contributed by atoms with Crippen LogP contribution in [0.3, 0.4) is 0 Å². The monoisotopic (exact) mass is 339 g/mol. The molecule has 1 aromatic heterocycles. The normalized spacial score (nSPS) is 18.8. The van der Waals surface area contributed by atoms with Crippen molar-refractivity contribution in [3.63, 3.8) is 0 Å². The lowest BCUT2D eigenvalue weighted by atomic mass is 9.82. The van der Waals surface area contributed by atoms with Crippen molar-refractivity contribution in [2.45, 2.75) is 45.4 Å². The Morgan fingerprint density at radius 3 is 2.50 bits per heavy atom. The Bertz CT molecular complexity index is 559. The second-order valence-corrected chi connectivity index (χ2v) is 6.89. The molecule has 0 spiro atoms. The first-order chi connectivity index (χ1) is 11.2. The van der Waals surface area contributed by atoms with Crippen LogP contribution in [0.1, 0.15) is 27.7 Å². The van der Waals surface area contributed by atoms with Crippen molar-refractivity contribution in [1.82, 2.24) is 14.7 Å². The number of nitrogens with zero attached hydrogens (tertiary/aromatic N) is 3. The number of carbonyl (C=O) groups is 1. The summed E-state index contributed by atoms with van der Waals surface area (Å²) in [7, 11) is 1.08. The Hall–Kier alpha value is -1.58. The van der Waals surface area contributed by atoms with Crippen molar-refractivity contribution in [3.05, 3.63) is 12.4 Å². The summed E-state index contributed by atoms with van der Waals surface area (Å²) >= 11 is 0. The molecule has 134 valence electrons. The summed E-state index contributed by atoms with van der Waals surface area (Å²) < 4.78 is 18.6. The second kappa shape index (κ2) is 7.12. The largest absolute Gasteiger partial charge is 0.498 e. The van der Waals surface area contributed by atoms with Gasteiger partial charge in [-0.15, -0.1) is 0 Å². The molecule has 9 heteroatoms. The van der Waals surface area contributed by atoms with Crippen LogP contribution in [-0.2, 0) is 20.6 Å². The van der Waals surface area contributed by atoms with Gasteiger partial charge in [-0.2, -0.15) is 5.10 Å². The smallest absolute Gasteiger partial charge is 0.465 e. The number of carboxylic acid groups (broad SMARTS) is 1. The Labute approximate surface area is 142 Å². The van der Waals surface area contributed by atoms with Gasteiger partial charge in [0.1, 0.15) is 0 Å². The maximum atomic E-state index is 11.2. The van der Waals surface area contributed by atoms with E-state index in [2.05, 4.69) is 5.10 Å². The summed E-state index contributed by atoms with van der Waals surface area (Å²) in [5, 5.41) is 13.4. The number of hydrogen-bond donors (Lipinski definition) is 1. The molecule has 1 N–H and O–H groups in total. The van der Waals surface area contributed by atoms with Crippen molar-refractivity contribution in [3.8, 4) is 0 Å². The lowest BCUT2D eigenvalue weighted by Gasteiger charge is -2.32. The van der Waals surface area contributed by atoms with Crippen LogP contribution in [0, 0.1) is 0 Å². The van der Waals surface area contributed by atoms with E-state index in [0.29, 0.717) is 26.2 Å². The molecule has 1 amide bonds. The second-order valence-electron chi connectivity index (χ2n) is 6.89. The molecule has 0 saturated carbocycles. The molecule has 1 aliphatic rings. The summed E-state index contributed by atoms with van der Waals surface area (Å²) in [5.41, 5.74) is 0.0208. The van der Waals surface area contributed by atoms with Crippen LogP contribution in [0.2, 0.25) is 0 Å². The lowest BCUT2D eigenvalue weighted by molar-refractivity contribution is 0.00578. The quantitative estimate of drug-likeness (QED) is 0.740. The topological polar surface area (TPSA) is 86.0 Å². The van der Waals surface area contributed by atoms with Gasteiger partial charge in [-0.3, -0.25) is 4.68 Å². The van der Waals surface area contributed by atoms with Crippen molar-refractivity contribution in [1.29, 1.82) is 0 Å². The molecule has 0 bridgehead atoms. The average molecular weight is 339 g/mol. The Kier molecular flexibility index (Phi) is 5.57. The van der Waals surface area contributed by atoms with E-state index in [-0.39, 0.29) is 0 Å². The van der Waals surface area contributed by atoms with Crippen LogP contribution in [0.5, 0.6) is 0 Å². The highest BCUT2D eigenvalue weighted by molar-refractivity contribution is 6.61. The van der Waals surface area contributed by atoms with Gasteiger partial charge in [0.2, 0.25) is 0 Å². The predicted molar refractivity (Wildman–Crippen MR) is 89.4 cm³/mol. The minimum atomic E-state index is -0.967. The van der Waals surface area contributed by atoms with Crippen LogP contribution < -0.4 is 5.46 Å². The highest BCUT2D eigenvalue weighted by Gasteiger charge is 2.52. The Morgan fingerprint density at radius 2 is 1.96 bits per heavy atom. The maximum Gasteiger partial charge on any atom is 0.498 e. The van der Waals surface area contributed by atoms with Gasteiger partial charge < -0.3 is 24.1 Å². The Balaban J connectivity index is 1.95. The molecule has 1 saturated heterocycles.